The second-order valence-corrected chi connectivity index (χ2v) is 5.84. The highest BCUT2D eigenvalue weighted by Gasteiger charge is 2.10. The molecular formula is C15H17N3S. The Morgan fingerprint density at radius 3 is 2.84 bits per heavy atom. The molecule has 98 valence electrons. The lowest BCUT2D eigenvalue weighted by Gasteiger charge is -2.13. The molecule has 1 atom stereocenters. The summed E-state index contributed by atoms with van der Waals surface area (Å²) in [6.45, 7) is 2.19. The number of fused-ring (bicyclic) bond motifs is 1. The summed E-state index contributed by atoms with van der Waals surface area (Å²) in [6.07, 6.45) is 1.03. The summed E-state index contributed by atoms with van der Waals surface area (Å²) in [5.74, 6) is 0.935. The summed E-state index contributed by atoms with van der Waals surface area (Å²) >= 11 is 1.80. The summed E-state index contributed by atoms with van der Waals surface area (Å²) in [7, 11) is 2.05. The van der Waals surface area contributed by atoms with Crippen molar-refractivity contribution in [2.24, 2.45) is 7.05 Å². The average molecular weight is 271 g/mol. The van der Waals surface area contributed by atoms with E-state index in [1.807, 2.05) is 18.2 Å². The van der Waals surface area contributed by atoms with E-state index in [9.17, 15) is 0 Å². The first kappa shape index (κ1) is 12.2. The van der Waals surface area contributed by atoms with Crippen LogP contribution in [0.5, 0.6) is 0 Å². The molecular weight excluding hydrogens is 254 g/mol. The predicted molar refractivity (Wildman–Crippen MR) is 81.8 cm³/mol. The highest BCUT2D eigenvalue weighted by atomic mass is 32.1. The number of nitrogens with zero attached hydrogens (tertiary/aromatic N) is 2. The summed E-state index contributed by atoms with van der Waals surface area (Å²) < 4.78 is 2.11. The predicted octanol–water partition coefficient (Wildman–Crippen LogP) is 3.68. The van der Waals surface area contributed by atoms with E-state index in [1.165, 1.54) is 4.88 Å². The van der Waals surface area contributed by atoms with Crippen LogP contribution in [-0.2, 0) is 13.5 Å². The smallest absolute Gasteiger partial charge is 0.203 e. The van der Waals surface area contributed by atoms with Crippen LogP contribution in [0.3, 0.4) is 0 Å². The lowest BCUT2D eigenvalue weighted by molar-refractivity contribution is 0.773. The number of rotatable bonds is 4. The van der Waals surface area contributed by atoms with Crippen LogP contribution in [0.25, 0.3) is 11.0 Å². The number of benzene rings is 1. The molecule has 0 saturated heterocycles. The van der Waals surface area contributed by atoms with Crippen LogP contribution < -0.4 is 5.32 Å². The Bertz CT molecular complexity index is 670. The van der Waals surface area contributed by atoms with E-state index in [0.29, 0.717) is 6.04 Å². The molecule has 0 aliphatic heterocycles. The van der Waals surface area contributed by atoms with Crippen molar-refractivity contribution in [2.75, 3.05) is 5.32 Å². The Morgan fingerprint density at radius 2 is 2.11 bits per heavy atom. The summed E-state index contributed by atoms with van der Waals surface area (Å²) in [4.78, 5) is 6.04. The minimum absolute atomic E-state index is 0.370. The second-order valence-electron chi connectivity index (χ2n) is 4.81. The lowest BCUT2D eigenvalue weighted by Crippen LogP contribution is -2.19. The minimum atomic E-state index is 0.370. The number of imidazole rings is 1. The van der Waals surface area contributed by atoms with E-state index >= 15 is 0 Å². The Hall–Kier alpha value is -1.81. The third-order valence-electron chi connectivity index (χ3n) is 3.25. The zero-order valence-electron chi connectivity index (χ0n) is 11.1. The highest BCUT2D eigenvalue weighted by Crippen LogP contribution is 2.19. The molecule has 19 heavy (non-hydrogen) atoms. The van der Waals surface area contributed by atoms with Gasteiger partial charge in [-0.05, 0) is 30.5 Å². The van der Waals surface area contributed by atoms with Gasteiger partial charge in [0.15, 0.2) is 0 Å². The molecule has 0 spiro atoms. The fraction of sp³-hybridized carbons (Fsp3) is 0.267. The zero-order valence-corrected chi connectivity index (χ0v) is 11.9. The van der Waals surface area contributed by atoms with Crippen LogP contribution in [0.15, 0.2) is 41.8 Å². The zero-order chi connectivity index (χ0) is 13.2. The van der Waals surface area contributed by atoms with Crippen molar-refractivity contribution in [3.63, 3.8) is 0 Å². The van der Waals surface area contributed by atoms with Crippen molar-refractivity contribution in [1.29, 1.82) is 0 Å². The lowest BCUT2D eigenvalue weighted by atomic mass is 10.2. The molecule has 0 fully saturated rings. The van der Waals surface area contributed by atoms with Gasteiger partial charge in [0.25, 0.3) is 0 Å². The van der Waals surface area contributed by atoms with Crippen molar-refractivity contribution in [1.82, 2.24) is 9.55 Å². The van der Waals surface area contributed by atoms with Crippen molar-refractivity contribution >= 4 is 28.3 Å². The van der Waals surface area contributed by atoms with Gasteiger partial charge in [0.2, 0.25) is 5.95 Å². The first-order valence-electron chi connectivity index (χ1n) is 6.44. The van der Waals surface area contributed by atoms with Crippen LogP contribution in [0.1, 0.15) is 11.8 Å². The number of para-hydroxylation sites is 2. The molecule has 0 bridgehead atoms. The topological polar surface area (TPSA) is 29.9 Å². The quantitative estimate of drug-likeness (QED) is 0.784. The number of hydrogen-bond acceptors (Lipinski definition) is 3. The Labute approximate surface area is 116 Å². The molecule has 0 amide bonds. The summed E-state index contributed by atoms with van der Waals surface area (Å²) in [6, 6.07) is 12.9. The van der Waals surface area contributed by atoms with Gasteiger partial charge in [-0.1, -0.05) is 18.2 Å². The number of anilines is 1. The van der Waals surface area contributed by atoms with Gasteiger partial charge >= 0.3 is 0 Å². The molecule has 3 rings (SSSR count). The maximum atomic E-state index is 4.64. The standard InChI is InChI=1S/C15H17N3S/c1-11(10-12-6-5-9-19-12)16-15-17-13-7-3-4-8-14(13)18(15)2/h3-9,11H,10H2,1-2H3,(H,16,17). The van der Waals surface area contributed by atoms with Gasteiger partial charge in [-0.3, -0.25) is 0 Å². The molecule has 2 aromatic heterocycles. The van der Waals surface area contributed by atoms with E-state index in [-0.39, 0.29) is 0 Å². The number of hydrogen-bond donors (Lipinski definition) is 1. The molecule has 2 heterocycles. The number of thiophene rings is 1. The number of aromatic nitrogens is 2. The second kappa shape index (κ2) is 5.05. The SMILES string of the molecule is CC(Cc1cccs1)Nc1nc2ccccc2n1C. The molecule has 0 aliphatic rings. The van der Waals surface area contributed by atoms with Crippen molar-refractivity contribution in [3.05, 3.63) is 46.7 Å². The van der Waals surface area contributed by atoms with Crippen LogP contribution in [0.2, 0.25) is 0 Å². The molecule has 0 saturated carbocycles. The molecule has 0 aliphatic carbocycles. The largest absolute Gasteiger partial charge is 0.353 e. The Balaban J connectivity index is 1.79. The van der Waals surface area contributed by atoms with E-state index in [4.69, 9.17) is 0 Å². The first-order chi connectivity index (χ1) is 9.24. The van der Waals surface area contributed by atoms with Crippen molar-refractivity contribution < 1.29 is 0 Å². The maximum absolute atomic E-state index is 4.64. The molecule has 1 N–H and O–H groups in total. The average Bonchev–Trinajstić information content (AvgIpc) is 3.00. The molecule has 4 heteroatoms. The fourth-order valence-electron chi connectivity index (χ4n) is 2.28. The van der Waals surface area contributed by atoms with E-state index in [0.717, 1.165) is 23.4 Å². The van der Waals surface area contributed by atoms with Gasteiger partial charge in [0.05, 0.1) is 11.0 Å². The Kier molecular flexibility index (Phi) is 3.25. The third-order valence-corrected chi connectivity index (χ3v) is 4.15. The molecule has 3 aromatic rings. The van der Waals surface area contributed by atoms with E-state index in [1.54, 1.807) is 11.3 Å². The van der Waals surface area contributed by atoms with E-state index in [2.05, 4.69) is 52.4 Å². The summed E-state index contributed by atoms with van der Waals surface area (Å²) in [5, 5.41) is 5.62. The Morgan fingerprint density at radius 1 is 1.26 bits per heavy atom. The van der Waals surface area contributed by atoms with Crippen molar-refractivity contribution in [3.8, 4) is 0 Å². The minimum Gasteiger partial charge on any atom is -0.353 e. The fourth-order valence-corrected chi connectivity index (χ4v) is 3.11. The van der Waals surface area contributed by atoms with Gasteiger partial charge < -0.3 is 9.88 Å². The first-order valence-corrected chi connectivity index (χ1v) is 7.32. The van der Waals surface area contributed by atoms with Crippen LogP contribution in [0, 0.1) is 0 Å². The molecule has 1 unspecified atom stereocenters. The third kappa shape index (κ3) is 2.49. The maximum Gasteiger partial charge on any atom is 0.203 e. The monoisotopic (exact) mass is 271 g/mol. The van der Waals surface area contributed by atoms with Gasteiger partial charge in [-0.25, -0.2) is 4.98 Å². The van der Waals surface area contributed by atoms with E-state index < -0.39 is 0 Å². The van der Waals surface area contributed by atoms with Gasteiger partial charge in [-0.15, -0.1) is 11.3 Å². The molecule has 1 aromatic carbocycles. The normalized spacial score (nSPS) is 12.7. The van der Waals surface area contributed by atoms with Gasteiger partial charge in [0.1, 0.15) is 0 Å². The molecule has 0 radical (unpaired) electrons. The number of aryl methyl sites for hydroxylation is 1. The molecule has 3 nitrogen and oxygen atoms in total. The van der Waals surface area contributed by atoms with Gasteiger partial charge in [0, 0.05) is 24.4 Å². The van der Waals surface area contributed by atoms with Crippen molar-refractivity contribution in [2.45, 2.75) is 19.4 Å². The van der Waals surface area contributed by atoms with Crippen LogP contribution >= 0.6 is 11.3 Å². The summed E-state index contributed by atoms with van der Waals surface area (Å²) in [5.41, 5.74) is 2.20. The van der Waals surface area contributed by atoms with Gasteiger partial charge in [-0.2, -0.15) is 0 Å². The number of nitrogens with one attached hydrogen (secondary N) is 1. The van der Waals surface area contributed by atoms with Crippen LogP contribution in [-0.4, -0.2) is 15.6 Å². The van der Waals surface area contributed by atoms with Crippen LogP contribution in [0.4, 0.5) is 5.95 Å². The highest BCUT2D eigenvalue weighted by molar-refractivity contribution is 7.09.